The summed E-state index contributed by atoms with van der Waals surface area (Å²) < 4.78 is 12.9. The van der Waals surface area contributed by atoms with Gasteiger partial charge in [-0.15, -0.1) is 0 Å². The summed E-state index contributed by atoms with van der Waals surface area (Å²) in [5.74, 6) is 2.00. The quantitative estimate of drug-likeness (QED) is 0.265. The fourth-order valence-corrected chi connectivity index (χ4v) is 6.28. The van der Waals surface area contributed by atoms with E-state index in [1.807, 2.05) is 76.3 Å². The Morgan fingerprint density at radius 2 is 1.81 bits per heavy atom. The van der Waals surface area contributed by atoms with Crippen LogP contribution in [0.15, 0.2) is 72.8 Å². The first-order valence-corrected chi connectivity index (χ1v) is 15.1. The van der Waals surface area contributed by atoms with Gasteiger partial charge in [0.1, 0.15) is 0 Å². The van der Waals surface area contributed by atoms with Gasteiger partial charge < -0.3 is 14.4 Å². The number of carbonyl (C=O) groups excluding carboxylic acids is 2. The minimum absolute atomic E-state index is 0.0370. The lowest BCUT2D eigenvalue weighted by molar-refractivity contribution is 0.0720. The molecule has 1 unspecified atom stereocenters. The summed E-state index contributed by atoms with van der Waals surface area (Å²) in [5.41, 5.74) is 4.03. The zero-order valence-electron chi connectivity index (χ0n) is 24.9. The van der Waals surface area contributed by atoms with Gasteiger partial charge in [0.05, 0.1) is 19.9 Å². The summed E-state index contributed by atoms with van der Waals surface area (Å²) in [4.78, 5) is 29.0. The van der Waals surface area contributed by atoms with Gasteiger partial charge >= 0.3 is 0 Å². The fraction of sp³-hybridized carbons (Fsp3) is 0.400. The number of nitrogens with zero attached hydrogens (tertiary/aromatic N) is 3. The number of hydrogen-bond acceptors (Lipinski definition) is 5. The average molecular weight is 568 g/mol. The molecule has 1 saturated heterocycles. The van der Waals surface area contributed by atoms with Crippen LogP contribution in [0, 0.1) is 11.8 Å². The molecule has 2 aliphatic rings. The second-order valence-electron chi connectivity index (χ2n) is 11.2. The van der Waals surface area contributed by atoms with Crippen molar-refractivity contribution in [2.45, 2.75) is 51.9 Å². The molecule has 1 fully saturated rings. The zero-order valence-corrected chi connectivity index (χ0v) is 24.9. The Kier molecular flexibility index (Phi) is 9.57. The molecule has 2 aromatic carbocycles. The molecule has 1 aromatic heterocycles. The molecule has 2 aliphatic heterocycles. The van der Waals surface area contributed by atoms with Crippen LogP contribution < -0.4 is 9.47 Å². The van der Waals surface area contributed by atoms with Crippen LogP contribution >= 0.6 is 0 Å². The van der Waals surface area contributed by atoms with E-state index in [1.165, 1.54) is 0 Å². The number of carbonyl (C=O) groups is 2. The van der Waals surface area contributed by atoms with E-state index in [0.29, 0.717) is 36.7 Å². The molecule has 5 rings (SSSR count). The van der Waals surface area contributed by atoms with Crippen molar-refractivity contribution in [3.8, 4) is 11.5 Å². The van der Waals surface area contributed by atoms with Crippen LogP contribution in [-0.2, 0) is 6.42 Å². The number of aromatic nitrogens is 2. The van der Waals surface area contributed by atoms with Crippen molar-refractivity contribution in [2.75, 3.05) is 27.3 Å². The van der Waals surface area contributed by atoms with E-state index in [2.05, 4.69) is 13.0 Å². The number of ether oxygens (including phenoxy) is 2. The maximum absolute atomic E-state index is 14.0. The molecule has 0 spiro atoms. The van der Waals surface area contributed by atoms with Crippen LogP contribution in [0.1, 0.15) is 77.6 Å². The monoisotopic (exact) mass is 567 g/mol. The summed E-state index contributed by atoms with van der Waals surface area (Å²) >= 11 is 0. The Morgan fingerprint density at radius 1 is 1.00 bits per heavy atom. The summed E-state index contributed by atoms with van der Waals surface area (Å²) in [6.07, 6.45) is 12.2. The van der Waals surface area contributed by atoms with Gasteiger partial charge in [0.25, 0.3) is 5.91 Å². The van der Waals surface area contributed by atoms with Gasteiger partial charge in [-0.2, -0.15) is 5.10 Å². The number of benzene rings is 2. The smallest absolute Gasteiger partial charge is 0.274 e. The Balaban J connectivity index is 1.38. The molecule has 3 aromatic rings. The van der Waals surface area contributed by atoms with E-state index in [9.17, 15) is 9.59 Å². The van der Waals surface area contributed by atoms with Gasteiger partial charge in [-0.1, -0.05) is 55.8 Å². The SMILES string of the molecule is CCC[C@H]1CN(C(=O)c2cc3n(n2)/C(c2ccc(OC)c(OC)c2)=C\C=C/CC3)CCCC1CC(=O)c1ccccc1. The number of rotatable bonds is 9. The third-order valence-corrected chi connectivity index (χ3v) is 8.48. The zero-order chi connectivity index (χ0) is 29.5. The molecular weight excluding hydrogens is 526 g/mol. The van der Waals surface area contributed by atoms with Crippen LogP contribution in [0.3, 0.4) is 0 Å². The van der Waals surface area contributed by atoms with E-state index in [-0.39, 0.29) is 23.5 Å². The number of allylic oxidation sites excluding steroid dienone is 3. The number of aryl methyl sites for hydroxylation is 1. The van der Waals surface area contributed by atoms with Crippen molar-refractivity contribution < 1.29 is 19.1 Å². The highest BCUT2D eigenvalue weighted by atomic mass is 16.5. The third-order valence-electron chi connectivity index (χ3n) is 8.48. The summed E-state index contributed by atoms with van der Waals surface area (Å²) in [5, 5.41) is 4.89. The normalized spacial score (nSPS) is 20.7. The molecule has 3 heterocycles. The van der Waals surface area contributed by atoms with E-state index >= 15 is 0 Å². The average Bonchev–Trinajstić information content (AvgIpc) is 3.31. The van der Waals surface area contributed by atoms with Crippen LogP contribution in [0.2, 0.25) is 0 Å². The van der Waals surface area contributed by atoms with Crippen LogP contribution in [0.5, 0.6) is 11.5 Å². The van der Waals surface area contributed by atoms with Crippen LogP contribution in [0.4, 0.5) is 0 Å². The van der Waals surface area contributed by atoms with Crippen molar-refractivity contribution in [3.63, 3.8) is 0 Å². The molecule has 220 valence electrons. The topological polar surface area (TPSA) is 73.7 Å². The van der Waals surface area contributed by atoms with Crippen molar-refractivity contribution in [3.05, 3.63) is 95.3 Å². The first-order chi connectivity index (χ1) is 20.5. The highest BCUT2D eigenvalue weighted by molar-refractivity contribution is 5.96. The molecule has 2 atom stereocenters. The van der Waals surface area contributed by atoms with E-state index < -0.39 is 0 Å². The second-order valence-corrected chi connectivity index (χ2v) is 11.2. The fourth-order valence-electron chi connectivity index (χ4n) is 6.28. The molecule has 1 amide bonds. The Bertz CT molecular complexity index is 1460. The number of ketones is 1. The number of methoxy groups -OCH3 is 2. The maximum Gasteiger partial charge on any atom is 0.274 e. The van der Waals surface area contributed by atoms with Crippen molar-refractivity contribution in [2.24, 2.45) is 11.8 Å². The van der Waals surface area contributed by atoms with E-state index in [1.54, 1.807) is 14.2 Å². The first-order valence-electron chi connectivity index (χ1n) is 15.1. The van der Waals surface area contributed by atoms with Crippen LogP contribution in [0.25, 0.3) is 5.70 Å². The number of hydrogen-bond donors (Lipinski definition) is 0. The highest BCUT2D eigenvalue weighted by Gasteiger charge is 2.32. The number of fused-ring (bicyclic) bond motifs is 1. The standard InChI is InChI=1S/C35H41N3O4/c1-4-12-28-24-37(20-11-15-26(28)21-32(39)25-13-7-5-8-14-25)35(40)30-23-29-16-9-6-10-17-31(38(29)36-30)27-18-19-33(41-2)34(22-27)42-3/h5-8,10,13-14,17-19,22-23,26,28H,4,9,11-12,15-16,20-21,24H2,1-3H3/b10-6-,31-17-/t26?,28-/m0/s1. The molecule has 7 heteroatoms. The van der Waals surface area contributed by atoms with Crippen molar-refractivity contribution in [1.29, 1.82) is 0 Å². The van der Waals surface area contributed by atoms with Gasteiger partial charge in [-0.05, 0) is 74.3 Å². The molecule has 42 heavy (non-hydrogen) atoms. The van der Waals surface area contributed by atoms with E-state index in [0.717, 1.165) is 61.0 Å². The summed E-state index contributed by atoms with van der Waals surface area (Å²) in [7, 11) is 3.25. The highest BCUT2D eigenvalue weighted by Crippen LogP contribution is 2.34. The Labute approximate surface area is 248 Å². The summed E-state index contributed by atoms with van der Waals surface area (Å²) in [6, 6.07) is 17.3. The molecular formula is C35H41N3O4. The van der Waals surface area contributed by atoms with Gasteiger partial charge in [0, 0.05) is 36.3 Å². The predicted molar refractivity (Wildman–Crippen MR) is 165 cm³/mol. The molecule has 0 N–H and O–H groups in total. The van der Waals surface area contributed by atoms with Crippen molar-refractivity contribution >= 4 is 17.4 Å². The van der Waals surface area contributed by atoms with Gasteiger partial charge in [-0.3, -0.25) is 9.59 Å². The summed E-state index contributed by atoms with van der Waals surface area (Å²) in [6.45, 7) is 3.51. The second kappa shape index (κ2) is 13.7. The molecule has 0 radical (unpaired) electrons. The first kappa shape index (κ1) is 29.4. The molecule has 0 saturated carbocycles. The van der Waals surface area contributed by atoms with E-state index in [4.69, 9.17) is 14.6 Å². The minimum Gasteiger partial charge on any atom is -0.493 e. The maximum atomic E-state index is 14.0. The lowest BCUT2D eigenvalue weighted by Gasteiger charge is -2.28. The third kappa shape index (κ3) is 6.51. The van der Waals surface area contributed by atoms with Gasteiger partial charge in [-0.25, -0.2) is 4.68 Å². The number of amides is 1. The molecule has 0 bridgehead atoms. The minimum atomic E-state index is -0.0370. The van der Waals surface area contributed by atoms with Gasteiger partial charge in [0.2, 0.25) is 0 Å². The predicted octanol–water partition coefficient (Wildman–Crippen LogP) is 6.83. The lowest BCUT2D eigenvalue weighted by atomic mass is 9.81. The largest absolute Gasteiger partial charge is 0.493 e. The number of Topliss-reactive ketones (excluding diaryl/α,β-unsaturated/α-hetero) is 1. The Morgan fingerprint density at radius 3 is 2.57 bits per heavy atom. The van der Waals surface area contributed by atoms with Crippen molar-refractivity contribution in [1.82, 2.24) is 14.7 Å². The van der Waals surface area contributed by atoms with Gasteiger partial charge in [0.15, 0.2) is 23.0 Å². The van der Waals surface area contributed by atoms with Crippen LogP contribution in [-0.4, -0.2) is 53.7 Å². The number of likely N-dealkylation sites (tertiary alicyclic amines) is 1. The molecule has 7 nitrogen and oxygen atoms in total. The lowest BCUT2D eigenvalue weighted by Crippen LogP contribution is -2.36. The Hall–Kier alpha value is -4.13. The molecule has 0 aliphatic carbocycles.